The highest BCUT2D eigenvalue weighted by Crippen LogP contribution is 2.13. The van der Waals surface area contributed by atoms with Gasteiger partial charge >= 0.3 is 0 Å². The summed E-state index contributed by atoms with van der Waals surface area (Å²) >= 11 is 0. The summed E-state index contributed by atoms with van der Waals surface area (Å²) in [6, 6.07) is 0. The van der Waals surface area contributed by atoms with Gasteiger partial charge in [0.2, 0.25) is 5.91 Å². The van der Waals surface area contributed by atoms with Gasteiger partial charge in [0.05, 0.1) is 12.2 Å². The molecule has 0 aliphatic carbocycles. The molecule has 0 saturated heterocycles. The van der Waals surface area contributed by atoms with Gasteiger partial charge in [0.15, 0.2) is 0 Å². The third-order valence-electron chi connectivity index (χ3n) is 3.11. The molecule has 1 aliphatic rings. The third-order valence-corrected chi connectivity index (χ3v) is 3.11. The molecule has 0 bridgehead atoms. The molecule has 2 rings (SSSR count). The van der Waals surface area contributed by atoms with Crippen LogP contribution in [0.2, 0.25) is 0 Å². The van der Waals surface area contributed by atoms with E-state index in [9.17, 15) is 4.79 Å². The van der Waals surface area contributed by atoms with Crippen LogP contribution in [0.4, 0.5) is 0 Å². The van der Waals surface area contributed by atoms with Crippen LogP contribution in [0.3, 0.4) is 0 Å². The molecular formula is C13H22N4O2. The standard InChI is InChI=1S/C13H22N4O2/c1-4-19-10-13(18)17-6-5-16-8-11(7-15(2)3)14-12(16)9-17/h8H,4-7,9-10H2,1-3H3. The van der Waals surface area contributed by atoms with Crippen LogP contribution in [-0.4, -0.2) is 59.1 Å². The van der Waals surface area contributed by atoms with E-state index < -0.39 is 0 Å². The van der Waals surface area contributed by atoms with Crippen LogP contribution in [0.5, 0.6) is 0 Å². The molecule has 0 unspecified atom stereocenters. The van der Waals surface area contributed by atoms with Crippen molar-refractivity contribution < 1.29 is 9.53 Å². The second-order valence-electron chi connectivity index (χ2n) is 5.03. The second kappa shape index (κ2) is 6.16. The molecule has 106 valence electrons. The highest BCUT2D eigenvalue weighted by atomic mass is 16.5. The number of imidazole rings is 1. The highest BCUT2D eigenvalue weighted by molar-refractivity contribution is 5.77. The summed E-state index contributed by atoms with van der Waals surface area (Å²) < 4.78 is 7.31. The first-order valence-corrected chi connectivity index (χ1v) is 6.65. The van der Waals surface area contributed by atoms with Gasteiger partial charge in [-0.25, -0.2) is 4.98 Å². The topological polar surface area (TPSA) is 50.6 Å². The van der Waals surface area contributed by atoms with E-state index in [1.54, 1.807) is 0 Å². The monoisotopic (exact) mass is 266 g/mol. The van der Waals surface area contributed by atoms with Crippen molar-refractivity contribution in [3.05, 3.63) is 17.7 Å². The van der Waals surface area contributed by atoms with E-state index in [4.69, 9.17) is 4.74 Å². The summed E-state index contributed by atoms with van der Waals surface area (Å²) in [5.74, 6) is 1.01. The molecule has 0 spiro atoms. The average Bonchev–Trinajstić information content (AvgIpc) is 2.75. The molecule has 2 heterocycles. The Kier molecular flexibility index (Phi) is 4.55. The van der Waals surface area contributed by atoms with Crippen LogP contribution >= 0.6 is 0 Å². The number of nitrogens with zero attached hydrogens (tertiary/aromatic N) is 4. The van der Waals surface area contributed by atoms with Gasteiger partial charge in [0.25, 0.3) is 0 Å². The fourth-order valence-corrected chi connectivity index (χ4v) is 2.20. The molecule has 0 N–H and O–H groups in total. The van der Waals surface area contributed by atoms with Gasteiger partial charge in [-0.15, -0.1) is 0 Å². The van der Waals surface area contributed by atoms with Crippen molar-refractivity contribution in [2.45, 2.75) is 26.6 Å². The van der Waals surface area contributed by atoms with Gasteiger partial charge in [-0.05, 0) is 21.0 Å². The summed E-state index contributed by atoms with van der Waals surface area (Å²) in [6.07, 6.45) is 2.08. The van der Waals surface area contributed by atoms with E-state index in [1.165, 1.54) is 0 Å². The van der Waals surface area contributed by atoms with E-state index in [2.05, 4.69) is 20.6 Å². The lowest BCUT2D eigenvalue weighted by Crippen LogP contribution is -2.40. The highest BCUT2D eigenvalue weighted by Gasteiger charge is 2.22. The number of hydrogen-bond donors (Lipinski definition) is 0. The summed E-state index contributed by atoms with van der Waals surface area (Å²) in [4.78, 5) is 20.4. The van der Waals surface area contributed by atoms with Crippen molar-refractivity contribution in [3.8, 4) is 0 Å². The van der Waals surface area contributed by atoms with Gasteiger partial charge in [-0.3, -0.25) is 4.79 Å². The number of carbonyl (C=O) groups excluding carboxylic acids is 1. The fourth-order valence-electron chi connectivity index (χ4n) is 2.20. The third kappa shape index (κ3) is 3.54. The van der Waals surface area contributed by atoms with Crippen LogP contribution < -0.4 is 0 Å². The predicted octanol–water partition coefficient (Wildman–Crippen LogP) is 0.323. The molecule has 1 aliphatic heterocycles. The Labute approximate surface area is 114 Å². The summed E-state index contributed by atoms with van der Waals surface area (Å²) in [7, 11) is 4.05. The molecule has 0 atom stereocenters. The Morgan fingerprint density at radius 3 is 2.95 bits per heavy atom. The zero-order valence-corrected chi connectivity index (χ0v) is 11.9. The molecule has 6 heteroatoms. The predicted molar refractivity (Wildman–Crippen MR) is 71.5 cm³/mol. The van der Waals surface area contributed by atoms with E-state index in [0.717, 1.165) is 31.2 Å². The van der Waals surface area contributed by atoms with Gasteiger partial charge in [-0.1, -0.05) is 0 Å². The molecule has 0 radical (unpaired) electrons. The van der Waals surface area contributed by atoms with Crippen molar-refractivity contribution >= 4 is 5.91 Å². The normalized spacial score (nSPS) is 14.8. The molecule has 1 aromatic heterocycles. The van der Waals surface area contributed by atoms with Crippen LogP contribution in [0.15, 0.2) is 6.20 Å². The summed E-state index contributed by atoms with van der Waals surface area (Å²) in [5.41, 5.74) is 1.05. The van der Waals surface area contributed by atoms with Crippen LogP contribution in [0, 0.1) is 0 Å². The number of aromatic nitrogens is 2. The van der Waals surface area contributed by atoms with Crippen molar-refractivity contribution in [1.82, 2.24) is 19.4 Å². The minimum absolute atomic E-state index is 0.0465. The summed E-state index contributed by atoms with van der Waals surface area (Å²) in [5, 5.41) is 0. The van der Waals surface area contributed by atoms with Crippen LogP contribution in [-0.2, 0) is 29.2 Å². The maximum atomic E-state index is 11.9. The Hall–Kier alpha value is -1.40. The number of carbonyl (C=O) groups is 1. The van der Waals surface area contributed by atoms with Crippen LogP contribution in [0.25, 0.3) is 0 Å². The molecule has 1 amide bonds. The molecule has 1 aromatic rings. The Morgan fingerprint density at radius 2 is 2.26 bits per heavy atom. The van der Waals surface area contributed by atoms with Crippen LogP contribution in [0.1, 0.15) is 18.4 Å². The lowest BCUT2D eigenvalue weighted by atomic mass is 10.3. The number of amides is 1. The van der Waals surface area contributed by atoms with E-state index in [-0.39, 0.29) is 12.5 Å². The molecule has 19 heavy (non-hydrogen) atoms. The second-order valence-corrected chi connectivity index (χ2v) is 5.03. The van der Waals surface area contributed by atoms with Gasteiger partial charge < -0.3 is 19.1 Å². The van der Waals surface area contributed by atoms with Gasteiger partial charge in [0.1, 0.15) is 12.4 Å². The Bertz CT molecular complexity index is 442. The minimum Gasteiger partial charge on any atom is -0.372 e. The number of fused-ring (bicyclic) bond motifs is 1. The zero-order chi connectivity index (χ0) is 13.8. The number of rotatable bonds is 5. The maximum Gasteiger partial charge on any atom is 0.249 e. The molecule has 0 fully saturated rings. The Balaban J connectivity index is 1.99. The minimum atomic E-state index is 0.0465. The molecule has 0 aromatic carbocycles. The van der Waals surface area contributed by atoms with Crippen molar-refractivity contribution in [2.24, 2.45) is 0 Å². The average molecular weight is 266 g/mol. The zero-order valence-electron chi connectivity index (χ0n) is 11.9. The van der Waals surface area contributed by atoms with E-state index in [0.29, 0.717) is 13.2 Å². The lowest BCUT2D eigenvalue weighted by molar-refractivity contribution is -0.137. The van der Waals surface area contributed by atoms with Crippen molar-refractivity contribution in [3.63, 3.8) is 0 Å². The molecule has 0 saturated carbocycles. The maximum absolute atomic E-state index is 11.9. The van der Waals surface area contributed by atoms with Crippen molar-refractivity contribution in [1.29, 1.82) is 0 Å². The largest absolute Gasteiger partial charge is 0.372 e. The fraction of sp³-hybridized carbons (Fsp3) is 0.692. The molecule has 6 nitrogen and oxygen atoms in total. The van der Waals surface area contributed by atoms with Crippen molar-refractivity contribution in [2.75, 3.05) is 33.9 Å². The lowest BCUT2D eigenvalue weighted by Gasteiger charge is -2.27. The first-order valence-electron chi connectivity index (χ1n) is 6.65. The SMILES string of the molecule is CCOCC(=O)N1CCn2cc(CN(C)C)nc2C1. The van der Waals surface area contributed by atoms with E-state index in [1.807, 2.05) is 25.9 Å². The van der Waals surface area contributed by atoms with Gasteiger partial charge in [0, 0.05) is 32.4 Å². The smallest absolute Gasteiger partial charge is 0.249 e. The summed E-state index contributed by atoms with van der Waals surface area (Å²) in [6.45, 7) is 5.59. The number of hydrogen-bond acceptors (Lipinski definition) is 4. The number of ether oxygens (including phenoxy) is 1. The van der Waals surface area contributed by atoms with Gasteiger partial charge in [-0.2, -0.15) is 0 Å². The first kappa shape index (κ1) is 14.0. The molecular weight excluding hydrogens is 244 g/mol. The quantitative estimate of drug-likeness (QED) is 0.770. The Morgan fingerprint density at radius 1 is 1.47 bits per heavy atom. The van der Waals surface area contributed by atoms with E-state index >= 15 is 0 Å². The first-order chi connectivity index (χ1) is 9.10.